The van der Waals surface area contributed by atoms with Crippen molar-refractivity contribution in [2.45, 2.75) is 13.0 Å². The Morgan fingerprint density at radius 2 is 1.94 bits per heavy atom. The average Bonchev–Trinajstić information content (AvgIpc) is 2.27. The highest BCUT2D eigenvalue weighted by atomic mass is 35.5. The maximum atomic E-state index is 11.0. The molecule has 1 aromatic rings. The van der Waals surface area contributed by atoms with Gasteiger partial charge < -0.3 is 10.6 Å². The highest BCUT2D eigenvalue weighted by Crippen LogP contribution is 2.23. The molecule has 0 aromatic heterocycles. The monoisotopic (exact) mass is 260 g/mol. The summed E-state index contributed by atoms with van der Waals surface area (Å²) < 4.78 is 0. The van der Waals surface area contributed by atoms with Crippen LogP contribution in [0.5, 0.6) is 0 Å². The quantitative estimate of drug-likeness (QED) is 0.798. The van der Waals surface area contributed by atoms with Gasteiger partial charge in [0.25, 0.3) is 0 Å². The smallest absolute Gasteiger partial charge is 0.221 e. The molecular formula is C11H14Cl2N2O. The maximum absolute atomic E-state index is 11.0. The minimum absolute atomic E-state index is 0.0118. The summed E-state index contributed by atoms with van der Waals surface area (Å²) in [7, 11) is 1.62. The fraction of sp³-hybridized carbons (Fsp3) is 0.364. The lowest BCUT2D eigenvalue weighted by atomic mass is 10.2. The topological polar surface area (TPSA) is 41.1 Å². The van der Waals surface area contributed by atoms with Crippen LogP contribution in [0.15, 0.2) is 18.2 Å². The van der Waals surface area contributed by atoms with Crippen LogP contribution >= 0.6 is 23.2 Å². The highest BCUT2D eigenvalue weighted by Gasteiger charge is 2.04. The van der Waals surface area contributed by atoms with Crippen molar-refractivity contribution in [1.82, 2.24) is 10.6 Å². The van der Waals surface area contributed by atoms with Crippen molar-refractivity contribution in [3.05, 3.63) is 33.8 Å². The Bertz CT molecular complexity index is 349. The first-order valence-corrected chi connectivity index (χ1v) is 5.75. The summed E-state index contributed by atoms with van der Waals surface area (Å²) in [6.07, 6.45) is 0.443. The van der Waals surface area contributed by atoms with E-state index in [-0.39, 0.29) is 5.91 Å². The molecule has 0 radical (unpaired) electrons. The van der Waals surface area contributed by atoms with Crippen LogP contribution in [0, 0.1) is 0 Å². The lowest BCUT2D eigenvalue weighted by Crippen LogP contribution is -2.24. The molecule has 88 valence electrons. The average molecular weight is 261 g/mol. The molecule has 0 unspecified atom stereocenters. The third-order valence-electron chi connectivity index (χ3n) is 2.17. The van der Waals surface area contributed by atoms with E-state index in [1.165, 1.54) is 0 Å². The third kappa shape index (κ3) is 4.00. The number of carbonyl (C=O) groups is 1. The van der Waals surface area contributed by atoms with Crippen molar-refractivity contribution < 1.29 is 4.79 Å². The fourth-order valence-corrected chi connectivity index (χ4v) is 1.77. The van der Waals surface area contributed by atoms with Crippen LogP contribution in [0.25, 0.3) is 0 Å². The molecule has 1 rings (SSSR count). The van der Waals surface area contributed by atoms with Gasteiger partial charge in [-0.1, -0.05) is 29.3 Å². The van der Waals surface area contributed by atoms with Gasteiger partial charge in [0, 0.05) is 42.2 Å². The largest absolute Gasteiger partial charge is 0.359 e. The second-order valence-electron chi connectivity index (χ2n) is 3.30. The Morgan fingerprint density at radius 3 is 2.50 bits per heavy atom. The van der Waals surface area contributed by atoms with Gasteiger partial charge in [0.15, 0.2) is 0 Å². The summed E-state index contributed by atoms with van der Waals surface area (Å²) in [5.74, 6) is 0.0118. The highest BCUT2D eigenvalue weighted by molar-refractivity contribution is 6.35. The van der Waals surface area contributed by atoms with Crippen molar-refractivity contribution in [2.75, 3.05) is 13.6 Å². The van der Waals surface area contributed by atoms with Crippen LogP contribution in [-0.4, -0.2) is 19.5 Å². The van der Waals surface area contributed by atoms with E-state index in [1.807, 2.05) is 0 Å². The van der Waals surface area contributed by atoms with Gasteiger partial charge >= 0.3 is 0 Å². The third-order valence-corrected chi connectivity index (χ3v) is 2.88. The minimum atomic E-state index is 0.0118. The van der Waals surface area contributed by atoms with Gasteiger partial charge in [-0.3, -0.25) is 4.79 Å². The fourth-order valence-electron chi connectivity index (χ4n) is 1.24. The number of benzene rings is 1. The molecule has 0 aliphatic carbocycles. The zero-order valence-corrected chi connectivity index (χ0v) is 10.5. The predicted molar refractivity (Wildman–Crippen MR) is 66.9 cm³/mol. The van der Waals surface area contributed by atoms with E-state index in [4.69, 9.17) is 23.2 Å². The number of hydrogen-bond acceptors (Lipinski definition) is 2. The molecule has 0 aliphatic heterocycles. The van der Waals surface area contributed by atoms with E-state index in [2.05, 4.69) is 10.6 Å². The normalized spacial score (nSPS) is 10.2. The molecule has 0 aliphatic rings. The van der Waals surface area contributed by atoms with Gasteiger partial charge in [-0.2, -0.15) is 0 Å². The van der Waals surface area contributed by atoms with Gasteiger partial charge in [0.1, 0.15) is 0 Å². The second-order valence-corrected chi connectivity index (χ2v) is 4.11. The minimum Gasteiger partial charge on any atom is -0.359 e. The zero-order valence-electron chi connectivity index (χ0n) is 9.02. The molecule has 0 bridgehead atoms. The SMILES string of the molecule is CNC(=O)CCNCc1c(Cl)cccc1Cl. The van der Waals surface area contributed by atoms with Crippen molar-refractivity contribution in [2.24, 2.45) is 0 Å². The Hall–Kier alpha value is -0.770. The Morgan fingerprint density at radius 1 is 1.31 bits per heavy atom. The Balaban J connectivity index is 2.40. The van der Waals surface area contributed by atoms with Crippen molar-refractivity contribution in [3.8, 4) is 0 Å². The molecule has 5 heteroatoms. The molecule has 2 N–H and O–H groups in total. The molecule has 0 atom stereocenters. The molecular weight excluding hydrogens is 247 g/mol. The van der Waals surface area contributed by atoms with E-state index in [9.17, 15) is 4.79 Å². The van der Waals surface area contributed by atoms with Crippen LogP contribution in [0.4, 0.5) is 0 Å². The first-order valence-electron chi connectivity index (χ1n) is 4.99. The van der Waals surface area contributed by atoms with Crippen LogP contribution in [-0.2, 0) is 11.3 Å². The van der Waals surface area contributed by atoms with Crippen molar-refractivity contribution >= 4 is 29.1 Å². The summed E-state index contributed by atoms with van der Waals surface area (Å²) >= 11 is 12.0. The molecule has 0 saturated carbocycles. The Kier molecular flexibility index (Phi) is 5.60. The Labute approximate surface area is 105 Å². The van der Waals surface area contributed by atoms with Gasteiger partial charge in [0.2, 0.25) is 5.91 Å². The summed E-state index contributed by atoms with van der Waals surface area (Å²) in [5.41, 5.74) is 0.864. The predicted octanol–water partition coefficient (Wildman–Crippen LogP) is 2.22. The lowest BCUT2D eigenvalue weighted by molar-refractivity contribution is -0.120. The summed E-state index contributed by atoms with van der Waals surface area (Å²) in [6, 6.07) is 5.39. The molecule has 0 fully saturated rings. The molecule has 3 nitrogen and oxygen atoms in total. The molecule has 0 heterocycles. The van der Waals surface area contributed by atoms with Crippen LogP contribution in [0.1, 0.15) is 12.0 Å². The summed E-state index contributed by atoms with van der Waals surface area (Å²) in [5, 5.41) is 6.95. The molecule has 16 heavy (non-hydrogen) atoms. The standard InChI is InChI=1S/C11H14Cl2N2O/c1-14-11(16)5-6-15-7-8-9(12)3-2-4-10(8)13/h2-4,15H,5-7H2,1H3,(H,14,16). The molecule has 0 spiro atoms. The van der Waals surface area contributed by atoms with Crippen LogP contribution < -0.4 is 10.6 Å². The van der Waals surface area contributed by atoms with E-state index in [0.717, 1.165) is 5.56 Å². The van der Waals surface area contributed by atoms with Crippen molar-refractivity contribution in [3.63, 3.8) is 0 Å². The first kappa shape index (κ1) is 13.3. The number of nitrogens with one attached hydrogen (secondary N) is 2. The first-order chi connectivity index (χ1) is 7.65. The molecule has 0 saturated heterocycles. The van der Waals surface area contributed by atoms with E-state index < -0.39 is 0 Å². The molecule has 1 amide bonds. The number of amides is 1. The number of rotatable bonds is 5. The number of halogens is 2. The maximum Gasteiger partial charge on any atom is 0.221 e. The number of carbonyl (C=O) groups excluding carboxylic acids is 1. The van der Waals surface area contributed by atoms with Crippen molar-refractivity contribution in [1.29, 1.82) is 0 Å². The number of hydrogen-bond donors (Lipinski definition) is 2. The van der Waals surface area contributed by atoms with Crippen LogP contribution in [0.2, 0.25) is 10.0 Å². The zero-order chi connectivity index (χ0) is 12.0. The summed E-state index contributed by atoms with van der Waals surface area (Å²) in [6.45, 7) is 1.16. The van der Waals surface area contributed by atoms with Crippen LogP contribution in [0.3, 0.4) is 0 Å². The summed E-state index contributed by atoms with van der Waals surface area (Å²) in [4.78, 5) is 11.0. The van der Waals surface area contributed by atoms with E-state index in [1.54, 1.807) is 25.2 Å². The van der Waals surface area contributed by atoms with Gasteiger partial charge in [0.05, 0.1) is 0 Å². The van der Waals surface area contributed by atoms with Gasteiger partial charge in [-0.25, -0.2) is 0 Å². The van der Waals surface area contributed by atoms with Gasteiger partial charge in [-0.15, -0.1) is 0 Å². The lowest BCUT2D eigenvalue weighted by Gasteiger charge is -2.08. The van der Waals surface area contributed by atoms with E-state index in [0.29, 0.717) is 29.6 Å². The second kappa shape index (κ2) is 6.74. The van der Waals surface area contributed by atoms with E-state index >= 15 is 0 Å². The van der Waals surface area contributed by atoms with Gasteiger partial charge in [-0.05, 0) is 12.1 Å². The molecule has 1 aromatic carbocycles.